The van der Waals surface area contributed by atoms with Crippen molar-refractivity contribution in [2.75, 3.05) is 33.4 Å². The van der Waals surface area contributed by atoms with Gasteiger partial charge in [0.2, 0.25) is 5.91 Å². The lowest BCUT2D eigenvalue weighted by atomic mass is 10.1. The molecular formula is C17H25N3O7S. The number of carbonyl (C=O) groups is 2. The number of carbonyl (C=O) groups excluding carboxylic acids is 1. The molecular weight excluding hydrogens is 390 g/mol. The quantitative estimate of drug-likeness (QED) is 0.488. The predicted octanol–water partition coefficient (Wildman–Crippen LogP) is -0.638. The van der Waals surface area contributed by atoms with Crippen LogP contribution in [0.4, 0.5) is 0 Å². The maximum atomic E-state index is 12.3. The molecule has 1 aromatic carbocycles. The molecule has 0 unspecified atom stereocenters. The average molecular weight is 415 g/mol. The zero-order valence-corrected chi connectivity index (χ0v) is 16.6. The first kappa shape index (κ1) is 22.1. The van der Waals surface area contributed by atoms with Crippen LogP contribution >= 0.6 is 0 Å². The van der Waals surface area contributed by atoms with Crippen molar-refractivity contribution in [1.82, 2.24) is 14.3 Å². The smallest absolute Gasteiger partial charge is 0.326 e. The van der Waals surface area contributed by atoms with Crippen LogP contribution in [0.5, 0.6) is 5.75 Å². The largest absolute Gasteiger partial charge is 0.497 e. The van der Waals surface area contributed by atoms with E-state index >= 15 is 0 Å². The van der Waals surface area contributed by atoms with E-state index in [1.54, 1.807) is 24.3 Å². The summed E-state index contributed by atoms with van der Waals surface area (Å²) in [4.78, 5) is 23.9. The van der Waals surface area contributed by atoms with Crippen LogP contribution in [0, 0.1) is 0 Å². The first-order valence-corrected chi connectivity index (χ1v) is 10.2. The van der Waals surface area contributed by atoms with Crippen LogP contribution in [-0.4, -0.2) is 75.2 Å². The van der Waals surface area contributed by atoms with Gasteiger partial charge in [-0.3, -0.25) is 4.79 Å². The van der Waals surface area contributed by atoms with Crippen LogP contribution in [0.15, 0.2) is 24.3 Å². The third-order valence-electron chi connectivity index (χ3n) is 4.24. The van der Waals surface area contributed by atoms with Gasteiger partial charge in [0.15, 0.2) is 0 Å². The summed E-state index contributed by atoms with van der Waals surface area (Å²) in [7, 11) is -2.35. The van der Waals surface area contributed by atoms with Crippen molar-refractivity contribution in [3.8, 4) is 5.75 Å². The molecule has 0 radical (unpaired) electrons. The molecule has 1 fully saturated rings. The first-order valence-electron chi connectivity index (χ1n) is 8.74. The molecule has 0 spiro atoms. The van der Waals surface area contributed by atoms with Crippen molar-refractivity contribution < 1.29 is 32.6 Å². The third kappa shape index (κ3) is 6.16. The number of methoxy groups -OCH3 is 1. The van der Waals surface area contributed by atoms with Crippen LogP contribution < -0.4 is 14.8 Å². The topological polar surface area (TPSA) is 134 Å². The number of rotatable bonds is 9. The van der Waals surface area contributed by atoms with E-state index in [2.05, 4.69) is 10.0 Å². The van der Waals surface area contributed by atoms with Gasteiger partial charge in [0.25, 0.3) is 10.2 Å². The van der Waals surface area contributed by atoms with E-state index in [4.69, 9.17) is 9.47 Å². The number of aliphatic carboxylic acids is 1. The highest BCUT2D eigenvalue weighted by Crippen LogP contribution is 2.13. The van der Waals surface area contributed by atoms with E-state index in [0.29, 0.717) is 11.3 Å². The maximum absolute atomic E-state index is 12.3. The fourth-order valence-electron chi connectivity index (χ4n) is 2.63. The van der Waals surface area contributed by atoms with Crippen molar-refractivity contribution in [2.24, 2.45) is 0 Å². The van der Waals surface area contributed by atoms with E-state index < -0.39 is 34.2 Å². The van der Waals surface area contributed by atoms with Gasteiger partial charge >= 0.3 is 5.97 Å². The molecule has 0 aromatic heterocycles. The number of nitrogens with one attached hydrogen (secondary N) is 2. The summed E-state index contributed by atoms with van der Waals surface area (Å²) in [5.74, 6) is -1.31. The van der Waals surface area contributed by atoms with Gasteiger partial charge in [-0.15, -0.1) is 0 Å². The lowest BCUT2D eigenvalue weighted by Gasteiger charge is -2.27. The summed E-state index contributed by atoms with van der Waals surface area (Å²) < 4.78 is 38.3. The summed E-state index contributed by atoms with van der Waals surface area (Å²) in [5, 5.41) is 11.8. The second-order valence-electron chi connectivity index (χ2n) is 6.31. The summed E-state index contributed by atoms with van der Waals surface area (Å²) in [6.45, 7) is 2.31. The highest BCUT2D eigenvalue weighted by molar-refractivity contribution is 7.87. The zero-order chi connectivity index (χ0) is 20.7. The fourth-order valence-corrected chi connectivity index (χ4v) is 3.97. The molecule has 28 heavy (non-hydrogen) atoms. The van der Waals surface area contributed by atoms with Gasteiger partial charge in [-0.2, -0.15) is 17.4 Å². The van der Waals surface area contributed by atoms with Crippen LogP contribution in [0.25, 0.3) is 0 Å². The molecule has 1 aliphatic heterocycles. The fraction of sp³-hybridized carbons (Fsp3) is 0.529. The van der Waals surface area contributed by atoms with E-state index in [1.165, 1.54) is 18.3 Å². The lowest BCUT2D eigenvalue weighted by Crippen LogP contribution is -2.55. The van der Waals surface area contributed by atoms with Gasteiger partial charge in [-0.05, 0) is 24.6 Å². The number of carboxylic acid groups (broad SMARTS) is 1. The van der Waals surface area contributed by atoms with Crippen LogP contribution in [0.3, 0.4) is 0 Å². The second-order valence-corrected chi connectivity index (χ2v) is 8.01. The highest BCUT2D eigenvalue weighted by atomic mass is 32.2. The van der Waals surface area contributed by atoms with Gasteiger partial charge in [0.05, 0.1) is 26.4 Å². The number of morpholine rings is 1. The summed E-state index contributed by atoms with van der Waals surface area (Å²) >= 11 is 0. The number of ether oxygens (including phenoxy) is 2. The minimum Gasteiger partial charge on any atom is -0.497 e. The Kier molecular flexibility index (Phi) is 7.75. The Morgan fingerprint density at radius 1 is 1.25 bits per heavy atom. The summed E-state index contributed by atoms with van der Waals surface area (Å²) in [6, 6.07) is 4.45. The maximum Gasteiger partial charge on any atom is 0.326 e. The average Bonchev–Trinajstić information content (AvgIpc) is 2.68. The molecule has 3 N–H and O–H groups in total. The normalized spacial score (nSPS) is 17.5. The zero-order valence-electron chi connectivity index (χ0n) is 15.8. The SMILES string of the molecule is COc1ccc(C[C@H](NC(=O)[C@H](C)NS(=O)(=O)N2CCOCC2)C(=O)O)cc1. The molecule has 1 amide bonds. The van der Waals surface area contributed by atoms with E-state index in [1.807, 2.05) is 0 Å². The molecule has 156 valence electrons. The Labute approximate surface area is 164 Å². The Balaban J connectivity index is 1.97. The molecule has 1 heterocycles. The molecule has 1 saturated heterocycles. The van der Waals surface area contributed by atoms with Crippen molar-refractivity contribution >= 4 is 22.1 Å². The summed E-state index contributed by atoms with van der Waals surface area (Å²) in [5.41, 5.74) is 0.690. The molecule has 1 aliphatic rings. The number of carboxylic acids is 1. The van der Waals surface area contributed by atoms with Crippen molar-refractivity contribution in [3.63, 3.8) is 0 Å². The molecule has 0 saturated carbocycles. The molecule has 2 rings (SSSR count). The van der Waals surface area contributed by atoms with Gasteiger partial charge in [-0.25, -0.2) is 4.79 Å². The minimum atomic E-state index is -3.87. The van der Waals surface area contributed by atoms with Crippen molar-refractivity contribution in [3.05, 3.63) is 29.8 Å². The molecule has 1 aromatic rings. The molecule has 2 atom stereocenters. The number of amides is 1. The summed E-state index contributed by atoms with van der Waals surface area (Å²) in [6.07, 6.45) is 0.0496. The monoisotopic (exact) mass is 415 g/mol. The molecule has 0 aliphatic carbocycles. The number of hydrogen-bond acceptors (Lipinski definition) is 6. The van der Waals surface area contributed by atoms with Gasteiger partial charge in [0.1, 0.15) is 11.8 Å². The first-order chi connectivity index (χ1) is 13.2. The van der Waals surface area contributed by atoms with Crippen molar-refractivity contribution in [1.29, 1.82) is 0 Å². The molecule has 10 nitrogen and oxygen atoms in total. The highest BCUT2D eigenvalue weighted by Gasteiger charge is 2.30. The van der Waals surface area contributed by atoms with Crippen molar-refractivity contribution in [2.45, 2.75) is 25.4 Å². The number of nitrogens with zero attached hydrogens (tertiary/aromatic N) is 1. The van der Waals surface area contributed by atoms with E-state index in [9.17, 15) is 23.1 Å². The Morgan fingerprint density at radius 2 is 1.86 bits per heavy atom. The Morgan fingerprint density at radius 3 is 2.39 bits per heavy atom. The third-order valence-corrected chi connectivity index (χ3v) is 5.94. The van der Waals surface area contributed by atoms with Crippen LogP contribution in [0.2, 0.25) is 0 Å². The molecule has 11 heteroatoms. The Bertz CT molecular complexity index is 776. The molecule has 0 bridgehead atoms. The van der Waals surface area contributed by atoms with Crippen LogP contribution in [0.1, 0.15) is 12.5 Å². The van der Waals surface area contributed by atoms with Crippen LogP contribution in [-0.2, 0) is 31.0 Å². The van der Waals surface area contributed by atoms with Gasteiger partial charge in [0, 0.05) is 19.5 Å². The van der Waals surface area contributed by atoms with E-state index in [-0.39, 0.29) is 32.7 Å². The minimum absolute atomic E-state index is 0.0496. The predicted molar refractivity (Wildman–Crippen MR) is 100 cm³/mol. The standard InChI is InChI=1S/C17H25N3O7S/c1-12(19-28(24,25)20-7-9-27-10-8-20)16(21)18-15(17(22)23)11-13-3-5-14(26-2)6-4-13/h3-6,12,15,19H,7-11H2,1-2H3,(H,18,21)(H,22,23)/t12-,15-/m0/s1. The van der Waals surface area contributed by atoms with Gasteiger partial charge in [-0.1, -0.05) is 12.1 Å². The Hall–Kier alpha value is -2.21. The van der Waals surface area contributed by atoms with Gasteiger partial charge < -0.3 is 19.9 Å². The number of benzene rings is 1. The number of hydrogen-bond donors (Lipinski definition) is 3. The second kappa shape index (κ2) is 9.82. The lowest BCUT2D eigenvalue weighted by molar-refractivity contribution is -0.141. The van der Waals surface area contributed by atoms with E-state index in [0.717, 1.165) is 0 Å².